The normalized spacial score (nSPS) is 15.0. The standard InChI is InChI=1S/C17H21ClN4O4S/c1-21(2)27(24,25)22-10-8-15-14(11-22)16(20-26-15)17(23)19-9-7-12-3-5-13(18)6-4-12/h3-6H,7-11H2,1-2H3,(H,19,23). The molecule has 146 valence electrons. The Morgan fingerprint density at radius 2 is 2.04 bits per heavy atom. The molecular weight excluding hydrogens is 392 g/mol. The first-order valence-corrected chi connectivity index (χ1v) is 10.2. The maximum Gasteiger partial charge on any atom is 0.281 e. The van der Waals surface area contributed by atoms with Gasteiger partial charge in [-0.2, -0.15) is 17.0 Å². The summed E-state index contributed by atoms with van der Waals surface area (Å²) in [5.41, 5.74) is 1.71. The van der Waals surface area contributed by atoms with Gasteiger partial charge < -0.3 is 9.84 Å². The molecule has 10 heteroatoms. The Hall–Kier alpha value is -1.94. The van der Waals surface area contributed by atoms with Crippen molar-refractivity contribution in [1.29, 1.82) is 0 Å². The van der Waals surface area contributed by atoms with Gasteiger partial charge in [0.15, 0.2) is 5.69 Å². The molecule has 0 radical (unpaired) electrons. The van der Waals surface area contributed by atoms with Crippen LogP contribution >= 0.6 is 11.6 Å². The molecule has 2 heterocycles. The van der Waals surface area contributed by atoms with Gasteiger partial charge in [-0.25, -0.2) is 0 Å². The lowest BCUT2D eigenvalue weighted by Gasteiger charge is -2.27. The molecule has 1 aromatic carbocycles. The smallest absolute Gasteiger partial charge is 0.281 e. The van der Waals surface area contributed by atoms with E-state index >= 15 is 0 Å². The van der Waals surface area contributed by atoms with Gasteiger partial charge in [-0.3, -0.25) is 4.79 Å². The highest BCUT2D eigenvalue weighted by atomic mass is 35.5. The molecule has 0 bridgehead atoms. The fourth-order valence-corrected chi connectivity index (χ4v) is 4.05. The molecule has 0 fully saturated rings. The van der Waals surface area contributed by atoms with E-state index in [0.717, 1.165) is 9.87 Å². The van der Waals surface area contributed by atoms with Crippen molar-refractivity contribution >= 4 is 27.7 Å². The van der Waals surface area contributed by atoms with Crippen LogP contribution in [0.4, 0.5) is 0 Å². The van der Waals surface area contributed by atoms with Crippen LogP contribution in [0, 0.1) is 0 Å². The lowest BCUT2D eigenvalue weighted by molar-refractivity contribution is 0.0944. The van der Waals surface area contributed by atoms with Gasteiger partial charge in [0.25, 0.3) is 16.1 Å². The Morgan fingerprint density at radius 3 is 2.70 bits per heavy atom. The predicted octanol–water partition coefficient (Wildman–Crippen LogP) is 1.47. The van der Waals surface area contributed by atoms with Crippen molar-refractivity contribution in [3.63, 3.8) is 0 Å². The van der Waals surface area contributed by atoms with E-state index in [4.69, 9.17) is 16.1 Å². The molecule has 1 aromatic heterocycles. The highest BCUT2D eigenvalue weighted by molar-refractivity contribution is 7.86. The van der Waals surface area contributed by atoms with Crippen molar-refractivity contribution in [3.8, 4) is 0 Å². The van der Waals surface area contributed by atoms with E-state index in [9.17, 15) is 13.2 Å². The van der Waals surface area contributed by atoms with Crippen LogP contribution in [-0.2, 0) is 29.6 Å². The first-order valence-electron chi connectivity index (χ1n) is 8.46. The number of amides is 1. The minimum absolute atomic E-state index is 0.0687. The molecule has 0 saturated heterocycles. The highest BCUT2D eigenvalue weighted by Crippen LogP contribution is 2.25. The van der Waals surface area contributed by atoms with Crippen LogP contribution in [0.25, 0.3) is 0 Å². The van der Waals surface area contributed by atoms with Crippen molar-refractivity contribution in [2.24, 2.45) is 0 Å². The van der Waals surface area contributed by atoms with E-state index in [0.29, 0.717) is 42.3 Å². The van der Waals surface area contributed by atoms with Crippen molar-refractivity contribution in [1.82, 2.24) is 19.1 Å². The third-order valence-corrected chi connectivity index (χ3v) is 6.55. The molecular formula is C17H21ClN4O4S. The average molecular weight is 413 g/mol. The minimum atomic E-state index is -3.56. The van der Waals surface area contributed by atoms with Gasteiger partial charge in [0.1, 0.15) is 5.76 Å². The van der Waals surface area contributed by atoms with E-state index < -0.39 is 10.2 Å². The summed E-state index contributed by atoms with van der Waals surface area (Å²) in [6.45, 7) is 0.779. The van der Waals surface area contributed by atoms with Crippen LogP contribution < -0.4 is 5.32 Å². The summed E-state index contributed by atoms with van der Waals surface area (Å²) >= 11 is 5.86. The number of fused-ring (bicyclic) bond motifs is 1. The second kappa shape index (κ2) is 7.97. The summed E-state index contributed by atoms with van der Waals surface area (Å²) in [5, 5.41) is 7.32. The molecule has 27 heavy (non-hydrogen) atoms. The van der Waals surface area contributed by atoms with Crippen LogP contribution in [-0.4, -0.2) is 55.3 Å². The molecule has 1 amide bonds. The van der Waals surface area contributed by atoms with Crippen molar-refractivity contribution in [3.05, 3.63) is 51.9 Å². The second-order valence-electron chi connectivity index (χ2n) is 6.44. The number of carbonyl (C=O) groups excluding carboxylic acids is 1. The van der Waals surface area contributed by atoms with Crippen LogP contribution in [0.1, 0.15) is 27.4 Å². The summed E-state index contributed by atoms with van der Waals surface area (Å²) in [5.74, 6) is 0.182. The fourth-order valence-electron chi connectivity index (χ4n) is 2.85. The van der Waals surface area contributed by atoms with Gasteiger partial charge >= 0.3 is 0 Å². The number of halogens is 1. The minimum Gasteiger partial charge on any atom is -0.360 e. The number of benzene rings is 1. The number of hydrogen-bond acceptors (Lipinski definition) is 5. The first kappa shape index (κ1) is 19.8. The van der Waals surface area contributed by atoms with Crippen LogP contribution in [0.5, 0.6) is 0 Å². The number of carbonyl (C=O) groups is 1. The molecule has 2 aromatic rings. The maximum absolute atomic E-state index is 12.5. The van der Waals surface area contributed by atoms with Crippen LogP contribution in [0.15, 0.2) is 28.8 Å². The maximum atomic E-state index is 12.5. The second-order valence-corrected chi connectivity index (χ2v) is 9.02. The molecule has 0 spiro atoms. The molecule has 1 aliphatic heterocycles. The highest BCUT2D eigenvalue weighted by Gasteiger charge is 2.33. The lowest BCUT2D eigenvalue weighted by atomic mass is 10.1. The van der Waals surface area contributed by atoms with Crippen molar-refractivity contribution < 1.29 is 17.7 Å². The summed E-state index contributed by atoms with van der Waals surface area (Å²) in [7, 11) is -0.615. The van der Waals surface area contributed by atoms with Gasteiger partial charge in [-0.15, -0.1) is 0 Å². The van der Waals surface area contributed by atoms with E-state index in [2.05, 4.69) is 10.5 Å². The Morgan fingerprint density at radius 1 is 1.33 bits per heavy atom. The number of nitrogens with zero attached hydrogens (tertiary/aromatic N) is 3. The Bertz CT molecular complexity index is 925. The van der Waals surface area contributed by atoms with E-state index in [-0.39, 0.29) is 18.1 Å². The topological polar surface area (TPSA) is 95.8 Å². The van der Waals surface area contributed by atoms with Gasteiger partial charge in [0.2, 0.25) is 0 Å². The molecule has 0 unspecified atom stereocenters. The van der Waals surface area contributed by atoms with Gasteiger partial charge in [0, 0.05) is 50.7 Å². The van der Waals surface area contributed by atoms with Gasteiger partial charge in [0.05, 0.1) is 0 Å². The van der Waals surface area contributed by atoms with Crippen LogP contribution in [0.2, 0.25) is 5.02 Å². The largest absolute Gasteiger partial charge is 0.360 e. The molecule has 0 atom stereocenters. The van der Waals surface area contributed by atoms with Crippen LogP contribution in [0.3, 0.4) is 0 Å². The number of nitrogens with one attached hydrogen (secondary N) is 1. The molecule has 0 aliphatic carbocycles. The zero-order chi connectivity index (χ0) is 19.6. The lowest BCUT2D eigenvalue weighted by Crippen LogP contribution is -2.43. The van der Waals surface area contributed by atoms with E-state index in [1.54, 1.807) is 12.1 Å². The van der Waals surface area contributed by atoms with E-state index in [1.165, 1.54) is 18.4 Å². The predicted molar refractivity (Wildman–Crippen MR) is 101 cm³/mol. The zero-order valence-electron chi connectivity index (χ0n) is 15.1. The molecule has 1 aliphatic rings. The number of aromatic nitrogens is 1. The zero-order valence-corrected chi connectivity index (χ0v) is 16.7. The summed E-state index contributed by atoms with van der Waals surface area (Å²) in [4.78, 5) is 12.5. The molecule has 0 saturated carbocycles. The molecule has 1 N–H and O–H groups in total. The molecule has 3 rings (SSSR count). The number of rotatable bonds is 6. The summed E-state index contributed by atoms with van der Waals surface area (Å²) in [6, 6.07) is 7.39. The first-order chi connectivity index (χ1) is 12.8. The third kappa shape index (κ3) is 4.32. The monoisotopic (exact) mass is 412 g/mol. The summed E-state index contributed by atoms with van der Waals surface area (Å²) < 4.78 is 32.4. The van der Waals surface area contributed by atoms with Crippen molar-refractivity contribution in [2.75, 3.05) is 27.2 Å². The van der Waals surface area contributed by atoms with E-state index in [1.807, 2.05) is 12.1 Å². The number of hydrogen-bond donors (Lipinski definition) is 1. The Labute approximate surface area is 163 Å². The molecule has 8 nitrogen and oxygen atoms in total. The van der Waals surface area contributed by atoms with Gasteiger partial charge in [-0.1, -0.05) is 28.9 Å². The Balaban J connectivity index is 1.65. The van der Waals surface area contributed by atoms with Crippen molar-refractivity contribution in [2.45, 2.75) is 19.4 Å². The Kier molecular flexibility index (Phi) is 5.85. The average Bonchev–Trinajstić information content (AvgIpc) is 3.06. The SMILES string of the molecule is CN(C)S(=O)(=O)N1CCc2onc(C(=O)NCCc3ccc(Cl)cc3)c2C1. The third-order valence-electron chi connectivity index (χ3n) is 4.41. The fraction of sp³-hybridized carbons (Fsp3) is 0.412. The summed E-state index contributed by atoms with van der Waals surface area (Å²) in [6.07, 6.45) is 1.03. The quantitative estimate of drug-likeness (QED) is 0.775. The van der Waals surface area contributed by atoms with Gasteiger partial charge in [-0.05, 0) is 24.1 Å².